The van der Waals surface area contributed by atoms with Gasteiger partial charge in [-0.05, 0) is 37.1 Å². The molecule has 152 valence electrons. The van der Waals surface area contributed by atoms with Gasteiger partial charge in [-0.2, -0.15) is 0 Å². The van der Waals surface area contributed by atoms with Crippen LogP contribution in [0.5, 0.6) is 11.5 Å². The number of carbonyl (C=O) groups excluding carboxylic acids is 1. The number of hydrogen-bond donors (Lipinski definition) is 1. The number of anilines is 1. The Hall–Kier alpha value is -3.06. The van der Waals surface area contributed by atoms with Gasteiger partial charge in [0.2, 0.25) is 5.91 Å². The van der Waals surface area contributed by atoms with E-state index in [9.17, 15) is 9.59 Å². The number of fused-ring (bicyclic) bond motifs is 1. The molecule has 0 aliphatic heterocycles. The van der Waals surface area contributed by atoms with Gasteiger partial charge in [-0.3, -0.25) is 14.2 Å². The molecule has 0 bridgehead atoms. The summed E-state index contributed by atoms with van der Waals surface area (Å²) in [5.74, 6) is 0.842. The Labute approximate surface area is 173 Å². The average molecular weight is 416 g/mol. The SMILES string of the molecule is COc1cc2ncn(CCCC(=O)Nc3cc(Cl)ccc3C)c(=O)c2cc1OC. The van der Waals surface area contributed by atoms with Crippen LogP contribution in [0.4, 0.5) is 5.69 Å². The van der Waals surface area contributed by atoms with E-state index in [0.717, 1.165) is 5.56 Å². The standard InChI is InChI=1S/C21H22ClN3O4/c1-13-6-7-14(22)9-16(13)24-20(26)5-4-8-25-12-23-17-11-19(29-3)18(28-2)10-15(17)21(25)27/h6-7,9-12H,4-5,8H2,1-3H3,(H,24,26). The zero-order valence-electron chi connectivity index (χ0n) is 16.5. The van der Waals surface area contributed by atoms with Gasteiger partial charge < -0.3 is 14.8 Å². The summed E-state index contributed by atoms with van der Waals surface area (Å²) in [6, 6.07) is 8.63. The first-order chi connectivity index (χ1) is 13.9. The van der Waals surface area contributed by atoms with Crippen LogP contribution in [-0.4, -0.2) is 29.7 Å². The van der Waals surface area contributed by atoms with Crippen molar-refractivity contribution in [1.29, 1.82) is 0 Å². The minimum Gasteiger partial charge on any atom is -0.493 e. The van der Waals surface area contributed by atoms with Crippen LogP contribution >= 0.6 is 11.6 Å². The fourth-order valence-corrected chi connectivity index (χ4v) is 3.17. The maximum atomic E-state index is 12.8. The summed E-state index contributed by atoms with van der Waals surface area (Å²) in [5.41, 5.74) is 1.95. The van der Waals surface area contributed by atoms with Crippen LogP contribution in [0, 0.1) is 6.92 Å². The van der Waals surface area contributed by atoms with E-state index in [2.05, 4.69) is 10.3 Å². The van der Waals surface area contributed by atoms with E-state index in [4.69, 9.17) is 21.1 Å². The number of carbonyl (C=O) groups is 1. The van der Waals surface area contributed by atoms with E-state index in [0.29, 0.717) is 46.1 Å². The first kappa shape index (κ1) is 20.7. The van der Waals surface area contributed by atoms with Crippen molar-refractivity contribution in [2.24, 2.45) is 0 Å². The molecule has 0 radical (unpaired) electrons. The maximum absolute atomic E-state index is 12.8. The Balaban J connectivity index is 1.69. The lowest BCUT2D eigenvalue weighted by Gasteiger charge is -2.11. The summed E-state index contributed by atoms with van der Waals surface area (Å²) in [7, 11) is 3.04. The Morgan fingerprint density at radius 1 is 1.17 bits per heavy atom. The molecule has 0 saturated heterocycles. The van der Waals surface area contributed by atoms with Gasteiger partial charge >= 0.3 is 0 Å². The largest absolute Gasteiger partial charge is 0.493 e. The fourth-order valence-electron chi connectivity index (χ4n) is 3.00. The van der Waals surface area contributed by atoms with E-state index in [1.807, 2.05) is 13.0 Å². The van der Waals surface area contributed by atoms with E-state index >= 15 is 0 Å². The molecule has 3 rings (SSSR count). The van der Waals surface area contributed by atoms with Gasteiger partial charge in [0.15, 0.2) is 11.5 Å². The minimum atomic E-state index is -0.193. The molecule has 7 nitrogen and oxygen atoms in total. The van der Waals surface area contributed by atoms with Crippen LogP contribution in [0.1, 0.15) is 18.4 Å². The number of aryl methyl sites for hydroxylation is 2. The van der Waals surface area contributed by atoms with Crippen molar-refractivity contribution >= 4 is 34.1 Å². The van der Waals surface area contributed by atoms with Crippen LogP contribution < -0.4 is 20.3 Å². The third-order valence-corrected chi connectivity index (χ3v) is 4.84. The topological polar surface area (TPSA) is 82.5 Å². The van der Waals surface area contributed by atoms with Crippen LogP contribution in [0.2, 0.25) is 5.02 Å². The van der Waals surface area contributed by atoms with E-state index in [1.54, 1.807) is 24.3 Å². The Kier molecular flexibility index (Phi) is 6.39. The van der Waals surface area contributed by atoms with Crippen molar-refractivity contribution in [2.45, 2.75) is 26.3 Å². The van der Waals surface area contributed by atoms with Gasteiger partial charge in [0.05, 0.1) is 31.4 Å². The molecule has 0 saturated carbocycles. The second-order valence-corrected chi connectivity index (χ2v) is 7.01. The third kappa shape index (κ3) is 4.68. The number of nitrogens with one attached hydrogen (secondary N) is 1. The lowest BCUT2D eigenvalue weighted by Crippen LogP contribution is -2.22. The number of halogens is 1. The molecule has 2 aromatic carbocycles. The summed E-state index contributed by atoms with van der Waals surface area (Å²) in [6.07, 6.45) is 2.24. The second kappa shape index (κ2) is 8.96. The van der Waals surface area contributed by atoms with Crippen LogP contribution in [0.25, 0.3) is 10.9 Å². The Morgan fingerprint density at radius 3 is 2.62 bits per heavy atom. The molecule has 0 fully saturated rings. The van der Waals surface area contributed by atoms with Gasteiger partial charge in [-0.1, -0.05) is 17.7 Å². The number of aromatic nitrogens is 2. The summed E-state index contributed by atoms with van der Waals surface area (Å²) in [5, 5.41) is 3.85. The predicted octanol–water partition coefficient (Wildman–Crippen LogP) is 3.79. The maximum Gasteiger partial charge on any atom is 0.261 e. The lowest BCUT2D eigenvalue weighted by atomic mass is 10.2. The molecular formula is C21H22ClN3O4. The highest BCUT2D eigenvalue weighted by Gasteiger charge is 2.12. The van der Waals surface area contributed by atoms with Crippen LogP contribution in [0.3, 0.4) is 0 Å². The first-order valence-corrected chi connectivity index (χ1v) is 9.48. The molecule has 0 aliphatic rings. The van der Waals surface area contributed by atoms with Crippen molar-refractivity contribution in [1.82, 2.24) is 9.55 Å². The van der Waals surface area contributed by atoms with Crippen LogP contribution in [-0.2, 0) is 11.3 Å². The average Bonchev–Trinajstić information content (AvgIpc) is 2.71. The highest BCUT2D eigenvalue weighted by Crippen LogP contribution is 2.29. The molecule has 1 N–H and O–H groups in total. The highest BCUT2D eigenvalue weighted by atomic mass is 35.5. The zero-order chi connectivity index (χ0) is 21.0. The fraction of sp³-hybridized carbons (Fsp3) is 0.286. The van der Waals surface area contributed by atoms with Crippen LogP contribution in [0.15, 0.2) is 41.5 Å². The number of ether oxygens (including phenoxy) is 2. The molecule has 0 aliphatic carbocycles. The summed E-state index contributed by atoms with van der Waals surface area (Å²) >= 11 is 5.98. The summed E-state index contributed by atoms with van der Waals surface area (Å²) in [6.45, 7) is 2.27. The molecular weight excluding hydrogens is 394 g/mol. The van der Waals surface area contributed by atoms with Crippen molar-refractivity contribution in [3.05, 3.63) is 57.6 Å². The molecule has 0 unspecified atom stereocenters. The molecule has 0 spiro atoms. The molecule has 8 heteroatoms. The minimum absolute atomic E-state index is 0.136. The first-order valence-electron chi connectivity index (χ1n) is 9.10. The molecule has 1 heterocycles. The number of amides is 1. The second-order valence-electron chi connectivity index (χ2n) is 6.58. The van der Waals surface area contributed by atoms with E-state index in [1.165, 1.54) is 25.1 Å². The Bertz CT molecular complexity index is 1110. The third-order valence-electron chi connectivity index (χ3n) is 4.61. The molecule has 1 aromatic heterocycles. The summed E-state index contributed by atoms with van der Waals surface area (Å²) < 4.78 is 12.0. The summed E-state index contributed by atoms with van der Waals surface area (Å²) in [4.78, 5) is 29.3. The van der Waals surface area contributed by atoms with E-state index in [-0.39, 0.29) is 17.9 Å². The Morgan fingerprint density at radius 2 is 1.90 bits per heavy atom. The van der Waals surface area contributed by atoms with Crippen molar-refractivity contribution in [3.63, 3.8) is 0 Å². The van der Waals surface area contributed by atoms with Crippen molar-refractivity contribution in [2.75, 3.05) is 19.5 Å². The number of nitrogens with zero attached hydrogens (tertiary/aromatic N) is 2. The van der Waals surface area contributed by atoms with Gasteiger partial charge in [0.1, 0.15) is 0 Å². The molecule has 3 aromatic rings. The molecule has 29 heavy (non-hydrogen) atoms. The molecule has 1 amide bonds. The number of benzene rings is 2. The number of methoxy groups -OCH3 is 2. The van der Waals surface area contributed by atoms with Crippen molar-refractivity contribution in [3.8, 4) is 11.5 Å². The van der Waals surface area contributed by atoms with Gasteiger partial charge in [0, 0.05) is 29.7 Å². The van der Waals surface area contributed by atoms with Gasteiger partial charge in [0.25, 0.3) is 5.56 Å². The van der Waals surface area contributed by atoms with Crippen molar-refractivity contribution < 1.29 is 14.3 Å². The number of rotatable bonds is 7. The quantitative estimate of drug-likeness (QED) is 0.634. The lowest BCUT2D eigenvalue weighted by molar-refractivity contribution is -0.116. The predicted molar refractivity (Wildman–Crippen MR) is 113 cm³/mol. The van der Waals surface area contributed by atoms with E-state index < -0.39 is 0 Å². The smallest absolute Gasteiger partial charge is 0.261 e. The zero-order valence-corrected chi connectivity index (χ0v) is 17.2. The normalized spacial score (nSPS) is 10.8. The monoisotopic (exact) mass is 415 g/mol. The van der Waals surface area contributed by atoms with Gasteiger partial charge in [-0.15, -0.1) is 0 Å². The highest BCUT2D eigenvalue weighted by molar-refractivity contribution is 6.31. The van der Waals surface area contributed by atoms with Gasteiger partial charge in [-0.25, -0.2) is 4.98 Å². The molecule has 0 atom stereocenters. The number of hydrogen-bond acceptors (Lipinski definition) is 5.